The van der Waals surface area contributed by atoms with Gasteiger partial charge in [-0.15, -0.1) is 0 Å². The van der Waals surface area contributed by atoms with Crippen molar-refractivity contribution in [2.24, 2.45) is 5.73 Å². The van der Waals surface area contributed by atoms with Crippen molar-refractivity contribution in [2.75, 3.05) is 0 Å². The highest BCUT2D eigenvalue weighted by molar-refractivity contribution is 5.90. The summed E-state index contributed by atoms with van der Waals surface area (Å²) >= 11 is 0. The predicted octanol–water partition coefficient (Wildman–Crippen LogP) is 5.00. The molecular weight excluding hydrogens is 410 g/mol. The van der Waals surface area contributed by atoms with Crippen LogP contribution in [-0.4, -0.2) is 5.91 Å². The molecule has 1 aliphatic carbocycles. The zero-order valence-corrected chi connectivity index (χ0v) is 15.6. The fraction of sp³-hybridized carbons (Fsp3) is 0.286. The zero-order chi connectivity index (χ0) is 22.1. The highest BCUT2D eigenvalue weighted by Crippen LogP contribution is 2.37. The van der Waals surface area contributed by atoms with Crippen molar-refractivity contribution < 1.29 is 31.1 Å². The maximum absolute atomic E-state index is 13.0. The molecule has 0 heterocycles. The first-order chi connectivity index (χ1) is 13.9. The van der Waals surface area contributed by atoms with Crippen LogP contribution < -0.4 is 11.1 Å². The standard InChI is InChI=1S/C21H18F6N2O/c22-20(23,24)15-8-13(9-16(10-15)21(25,26)27)11-29-18-5-3-14-7-12(1-4-17(14)18)2-6-19(28)30/h1-2,4,6-10,18,29H,3,5,11H2,(H2,28,30)/b6-2+. The van der Waals surface area contributed by atoms with Gasteiger partial charge >= 0.3 is 12.4 Å². The van der Waals surface area contributed by atoms with Crippen molar-refractivity contribution >= 4 is 12.0 Å². The summed E-state index contributed by atoms with van der Waals surface area (Å²) in [6, 6.07) is 6.86. The number of fused-ring (bicyclic) bond motifs is 1. The zero-order valence-electron chi connectivity index (χ0n) is 15.6. The molecule has 1 aliphatic rings. The van der Waals surface area contributed by atoms with Crippen LogP contribution in [0, 0.1) is 0 Å². The Labute approximate surface area is 168 Å². The SMILES string of the molecule is NC(=O)/C=C/c1ccc2c(c1)CCC2NCc1cc(C(F)(F)F)cc(C(F)(F)F)c1. The summed E-state index contributed by atoms with van der Waals surface area (Å²) < 4.78 is 78.0. The van der Waals surface area contributed by atoms with Crippen LogP contribution in [0.1, 0.15) is 45.8 Å². The number of aryl methyl sites for hydroxylation is 1. The summed E-state index contributed by atoms with van der Waals surface area (Å²) in [5, 5.41) is 3.05. The van der Waals surface area contributed by atoms with Gasteiger partial charge in [0.1, 0.15) is 0 Å². The van der Waals surface area contributed by atoms with Crippen LogP contribution in [0.15, 0.2) is 42.5 Å². The molecule has 0 bridgehead atoms. The molecule has 0 fully saturated rings. The summed E-state index contributed by atoms with van der Waals surface area (Å²) in [5.74, 6) is -0.575. The number of halogens is 6. The Bertz CT molecular complexity index is 946. The Hall–Kier alpha value is -2.81. The maximum Gasteiger partial charge on any atom is 0.416 e. The van der Waals surface area contributed by atoms with E-state index in [1.165, 1.54) is 6.08 Å². The monoisotopic (exact) mass is 428 g/mol. The van der Waals surface area contributed by atoms with E-state index >= 15 is 0 Å². The third kappa shape index (κ3) is 5.21. The third-order valence-corrected chi connectivity index (χ3v) is 4.88. The second-order valence-electron chi connectivity index (χ2n) is 7.08. The molecule has 0 spiro atoms. The minimum Gasteiger partial charge on any atom is -0.366 e. The van der Waals surface area contributed by atoms with E-state index in [2.05, 4.69) is 5.32 Å². The van der Waals surface area contributed by atoms with Crippen LogP contribution in [0.4, 0.5) is 26.3 Å². The number of primary amides is 1. The third-order valence-electron chi connectivity index (χ3n) is 4.88. The van der Waals surface area contributed by atoms with E-state index in [1.54, 1.807) is 12.1 Å². The molecule has 0 radical (unpaired) electrons. The maximum atomic E-state index is 13.0. The van der Waals surface area contributed by atoms with Gasteiger partial charge in [-0.05, 0) is 59.4 Å². The molecule has 160 valence electrons. The number of carbonyl (C=O) groups excluding carboxylic acids is 1. The van der Waals surface area contributed by atoms with Gasteiger partial charge in [0.15, 0.2) is 0 Å². The van der Waals surface area contributed by atoms with Crippen molar-refractivity contribution in [2.45, 2.75) is 37.8 Å². The van der Waals surface area contributed by atoms with Crippen LogP contribution in [0.3, 0.4) is 0 Å². The number of hydrogen-bond donors (Lipinski definition) is 2. The summed E-state index contributed by atoms with van der Waals surface area (Å²) in [6.07, 6.45) is -5.58. The normalized spacial score (nSPS) is 16.8. The molecule has 3 N–H and O–H groups in total. The van der Waals surface area contributed by atoms with Crippen molar-refractivity contribution in [1.82, 2.24) is 5.32 Å². The molecule has 9 heteroatoms. The topological polar surface area (TPSA) is 55.1 Å². The van der Waals surface area contributed by atoms with E-state index in [1.807, 2.05) is 12.1 Å². The number of carbonyl (C=O) groups is 1. The van der Waals surface area contributed by atoms with Gasteiger partial charge < -0.3 is 11.1 Å². The molecule has 2 aromatic rings. The van der Waals surface area contributed by atoms with Gasteiger partial charge in [-0.1, -0.05) is 18.2 Å². The molecule has 0 saturated heterocycles. The second kappa shape index (κ2) is 8.14. The van der Waals surface area contributed by atoms with Crippen LogP contribution in [0.2, 0.25) is 0 Å². The minimum atomic E-state index is -4.87. The molecular formula is C21H18F6N2O. The molecule has 1 atom stereocenters. The Kier molecular flexibility index (Phi) is 5.94. The van der Waals surface area contributed by atoms with Crippen LogP contribution in [0.25, 0.3) is 6.08 Å². The predicted molar refractivity (Wildman–Crippen MR) is 99.0 cm³/mol. The first-order valence-electron chi connectivity index (χ1n) is 9.05. The van der Waals surface area contributed by atoms with Gasteiger partial charge in [0, 0.05) is 18.7 Å². The minimum absolute atomic E-state index is 0.0911. The van der Waals surface area contributed by atoms with Crippen LogP contribution >= 0.6 is 0 Å². The summed E-state index contributed by atoms with van der Waals surface area (Å²) in [5.41, 5.74) is 5.03. The van der Waals surface area contributed by atoms with Crippen molar-refractivity contribution in [3.8, 4) is 0 Å². The van der Waals surface area contributed by atoms with E-state index < -0.39 is 29.4 Å². The molecule has 2 aromatic carbocycles. The molecule has 0 saturated carbocycles. The highest BCUT2D eigenvalue weighted by atomic mass is 19.4. The number of amides is 1. The summed E-state index contributed by atoms with van der Waals surface area (Å²) in [6.45, 7) is -0.138. The lowest BCUT2D eigenvalue weighted by Gasteiger charge is -2.17. The molecule has 30 heavy (non-hydrogen) atoms. The lowest BCUT2D eigenvalue weighted by atomic mass is 10.0. The van der Waals surface area contributed by atoms with Gasteiger partial charge in [-0.25, -0.2) is 0 Å². The van der Waals surface area contributed by atoms with E-state index in [4.69, 9.17) is 5.73 Å². The van der Waals surface area contributed by atoms with Crippen molar-refractivity contribution in [1.29, 1.82) is 0 Å². The van der Waals surface area contributed by atoms with Gasteiger partial charge in [0.25, 0.3) is 0 Å². The number of nitrogens with one attached hydrogen (secondary N) is 1. The van der Waals surface area contributed by atoms with Gasteiger partial charge in [0.05, 0.1) is 11.1 Å². The van der Waals surface area contributed by atoms with Gasteiger partial charge in [-0.3, -0.25) is 4.79 Å². The molecule has 1 unspecified atom stereocenters. The number of benzene rings is 2. The summed E-state index contributed by atoms with van der Waals surface area (Å²) in [4.78, 5) is 10.8. The average molecular weight is 428 g/mol. The molecule has 0 aliphatic heterocycles. The van der Waals surface area contributed by atoms with Crippen molar-refractivity contribution in [3.63, 3.8) is 0 Å². The van der Waals surface area contributed by atoms with Crippen LogP contribution in [0.5, 0.6) is 0 Å². The summed E-state index contributed by atoms with van der Waals surface area (Å²) in [7, 11) is 0. The molecule has 3 nitrogen and oxygen atoms in total. The van der Waals surface area contributed by atoms with E-state index in [9.17, 15) is 31.1 Å². The van der Waals surface area contributed by atoms with E-state index in [0.29, 0.717) is 12.8 Å². The van der Waals surface area contributed by atoms with E-state index in [0.717, 1.165) is 28.8 Å². The Balaban J connectivity index is 1.78. The first-order valence-corrected chi connectivity index (χ1v) is 9.05. The number of rotatable bonds is 5. The molecule has 3 rings (SSSR count). The second-order valence-corrected chi connectivity index (χ2v) is 7.08. The lowest BCUT2D eigenvalue weighted by molar-refractivity contribution is -0.143. The Morgan fingerprint density at radius 2 is 1.67 bits per heavy atom. The number of nitrogens with two attached hydrogens (primary N) is 1. The molecule has 1 amide bonds. The number of alkyl halides is 6. The van der Waals surface area contributed by atoms with Gasteiger partial charge in [0.2, 0.25) is 5.91 Å². The smallest absolute Gasteiger partial charge is 0.366 e. The Morgan fingerprint density at radius 1 is 1.03 bits per heavy atom. The molecule has 0 aromatic heterocycles. The van der Waals surface area contributed by atoms with Crippen LogP contribution in [-0.2, 0) is 30.1 Å². The number of hydrogen-bond acceptors (Lipinski definition) is 2. The van der Waals surface area contributed by atoms with E-state index in [-0.39, 0.29) is 24.2 Å². The first kappa shape index (κ1) is 21.9. The fourth-order valence-corrected chi connectivity index (χ4v) is 3.49. The highest BCUT2D eigenvalue weighted by Gasteiger charge is 2.37. The largest absolute Gasteiger partial charge is 0.416 e. The van der Waals surface area contributed by atoms with Gasteiger partial charge in [-0.2, -0.15) is 26.3 Å². The fourth-order valence-electron chi connectivity index (χ4n) is 3.49. The quantitative estimate of drug-likeness (QED) is 0.520. The Morgan fingerprint density at radius 3 is 2.23 bits per heavy atom. The average Bonchev–Trinajstić information content (AvgIpc) is 3.05. The van der Waals surface area contributed by atoms with Crippen molar-refractivity contribution in [3.05, 3.63) is 75.9 Å². The lowest BCUT2D eigenvalue weighted by Crippen LogP contribution is -2.20.